The Labute approximate surface area is 113 Å². The molecule has 2 heterocycles. The van der Waals surface area contributed by atoms with Crippen molar-refractivity contribution in [2.75, 3.05) is 14.2 Å². The van der Waals surface area contributed by atoms with E-state index < -0.39 is 0 Å². The lowest BCUT2D eigenvalue weighted by Crippen LogP contribution is -1.96. The molecule has 0 bridgehead atoms. The summed E-state index contributed by atoms with van der Waals surface area (Å²) >= 11 is 8.08. The fraction of sp³-hybridized carbons (Fsp3) is 0.375. The Morgan fingerprint density at radius 1 is 1.19 bits per heavy atom. The van der Waals surface area contributed by atoms with E-state index in [4.69, 9.17) is 9.47 Å². The van der Waals surface area contributed by atoms with Gasteiger partial charge in [0.25, 0.3) is 0 Å². The number of alkyl halides is 2. The Kier molecular flexibility index (Phi) is 3.60. The molecule has 0 saturated heterocycles. The zero-order valence-electron chi connectivity index (χ0n) is 8.40. The van der Waals surface area contributed by atoms with E-state index in [1.165, 1.54) is 18.6 Å². The number of hydrogen-bond acceptors (Lipinski definition) is 6. The summed E-state index contributed by atoms with van der Waals surface area (Å²) in [4.78, 5) is 9.07. The second-order valence-corrected chi connectivity index (χ2v) is 6.58. The van der Waals surface area contributed by atoms with E-state index >= 15 is 0 Å². The monoisotopic (exact) mass is 367 g/mol. The van der Waals surface area contributed by atoms with Crippen LogP contribution in [0.25, 0.3) is 10.2 Å². The van der Waals surface area contributed by atoms with Gasteiger partial charge < -0.3 is 9.47 Å². The molecule has 2 aromatic rings. The average molecular weight is 369 g/mol. The molecular weight excluding hydrogens is 362 g/mol. The third kappa shape index (κ3) is 2.01. The molecule has 0 aliphatic heterocycles. The standard InChI is InChI=1S/C8H7Br2N3O2S/c1-14-6-3-4(5(9)10)13-16-7(3)12-8(11-6)15-2/h5H,1-2H3. The van der Waals surface area contributed by atoms with Crippen molar-refractivity contribution in [3.63, 3.8) is 0 Å². The van der Waals surface area contributed by atoms with Crippen LogP contribution < -0.4 is 9.47 Å². The number of ether oxygens (including phenoxy) is 2. The molecule has 0 spiro atoms. The molecule has 0 aliphatic rings. The highest BCUT2D eigenvalue weighted by molar-refractivity contribution is 9.24. The predicted molar refractivity (Wildman–Crippen MR) is 68.9 cm³/mol. The van der Waals surface area contributed by atoms with Crippen LogP contribution in [-0.2, 0) is 0 Å². The minimum absolute atomic E-state index is 0.0559. The highest BCUT2D eigenvalue weighted by Crippen LogP contribution is 2.39. The molecule has 0 saturated carbocycles. The van der Waals surface area contributed by atoms with Gasteiger partial charge in [-0.1, -0.05) is 31.9 Å². The van der Waals surface area contributed by atoms with Gasteiger partial charge in [0.05, 0.1) is 25.3 Å². The number of hydrogen-bond donors (Lipinski definition) is 0. The van der Waals surface area contributed by atoms with Crippen molar-refractivity contribution >= 4 is 53.6 Å². The lowest BCUT2D eigenvalue weighted by molar-refractivity contribution is 0.357. The van der Waals surface area contributed by atoms with Gasteiger partial charge in [-0.25, -0.2) is 0 Å². The molecule has 0 amide bonds. The van der Waals surface area contributed by atoms with Crippen LogP contribution in [0.15, 0.2) is 0 Å². The van der Waals surface area contributed by atoms with Crippen LogP contribution in [0, 0.1) is 0 Å². The molecule has 0 N–H and O–H groups in total. The van der Waals surface area contributed by atoms with Crippen molar-refractivity contribution in [2.24, 2.45) is 0 Å². The fourth-order valence-electron chi connectivity index (χ4n) is 1.21. The first-order valence-corrected chi connectivity index (χ1v) is 6.81. The molecular formula is C8H7Br2N3O2S. The van der Waals surface area contributed by atoms with Crippen molar-refractivity contribution in [3.8, 4) is 11.9 Å². The van der Waals surface area contributed by atoms with Gasteiger partial charge in [-0.3, -0.25) is 0 Å². The molecule has 2 rings (SSSR count). The summed E-state index contributed by atoms with van der Waals surface area (Å²) in [5.41, 5.74) is 0.805. The van der Waals surface area contributed by atoms with Crippen LogP contribution in [0.2, 0.25) is 0 Å². The van der Waals surface area contributed by atoms with Crippen molar-refractivity contribution < 1.29 is 9.47 Å². The van der Waals surface area contributed by atoms with E-state index in [9.17, 15) is 0 Å². The van der Waals surface area contributed by atoms with E-state index in [0.29, 0.717) is 5.88 Å². The van der Waals surface area contributed by atoms with Gasteiger partial charge in [-0.05, 0) is 11.5 Å². The van der Waals surface area contributed by atoms with Crippen molar-refractivity contribution in [3.05, 3.63) is 5.69 Å². The number of aromatic nitrogens is 3. The van der Waals surface area contributed by atoms with Gasteiger partial charge in [0.15, 0.2) is 4.83 Å². The highest BCUT2D eigenvalue weighted by Gasteiger charge is 2.19. The largest absolute Gasteiger partial charge is 0.480 e. The van der Waals surface area contributed by atoms with Crippen LogP contribution in [-0.4, -0.2) is 28.6 Å². The van der Waals surface area contributed by atoms with Gasteiger partial charge in [0.2, 0.25) is 5.88 Å². The first-order chi connectivity index (χ1) is 7.67. The van der Waals surface area contributed by atoms with E-state index in [1.54, 1.807) is 7.11 Å². The molecule has 0 unspecified atom stereocenters. The predicted octanol–water partition coefficient (Wildman–Crippen LogP) is 2.89. The van der Waals surface area contributed by atoms with Crippen LogP contribution in [0.5, 0.6) is 11.9 Å². The van der Waals surface area contributed by atoms with Gasteiger partial charge >= 0.3 is 6.01 Å². The minimum Gasteiger partial charge on any atom is -0.480 e. The third-order valence-corrected chi connectivity index (χ3v) is 3.52. The maximum Gasteiger partial charge on any atom is 0.320 e. The second-order valence-electron chi connectivity index (χ2n) is 2.77. The summed E-state index contributed by atoms with van der Waals surface area (Å²) in [7, 11) is 3.07. The maximum atomic E-state index is 5.21. The SMILES string of the molecule is COc1nc(OC)c2c(C(Br)Br)nsc2n1. The number of nitrogens with zero attached hydrogens (tertiary/aromatic N) is 3. The normalized spacial score (nSPS) is 11.1. The van der Waals surface area contributed by atoms with Crippen LogP contribution in [0.4, 0.5) is 0 Å². The molecule has 5 nitrogen and oxygen atoms in total. The van der Waals surface area contributed by atoms with E-state index in [0.717, 1.165) is 15.9 Å². The number of methoxy groups -OCH3 is 2. The Morgan fingerprint density at radius 2 is 1.94 bits per heavy atom. The zero-order chi connectivity index (χ0) is 11.7. The van der Waals surface area contributed by atoms with Crippen LogP contribution in [0.3, 0.4) is 0 Å². The van der Waals surface area contributed by atoms with Crippen LogP contribution >= 0.6 is 43.4 Å². The van der Waals surface area contributed by atoms with Crippen molar-refractivity contribution in [1.82, 2.24) is 14.3 Å². The summed E-state index contributed by atoms with van der Waals surface area (Å²) in [5.74, 6) is 0.467. The van der Waals surface area contributed by atoms with E-state index in [2.05, 4.69) is 46.2 Å². The first-order valence-electron chi connectivity index (χ1n) is 4.20. The van der Waals surface area contributed by atoms with Gasteiger partial charge in [-0.2, -0.15) is 14.3 Å². The summed E-state index contributed by atoms with van der Waals surface area (Å²) in [5, 5.41) is 0.798. The van der Waals surface area contributed by atoms with E-state index in [-0.39, 0.29) is 9.75 Å². The molecule has 0 radical (unpaired) electrons. The summed E-state index contributed by atoms with van der Waals surface area (Å²) in [6, 6.07) is 0.278. The molecule has 86 valence electrons. The van der Waals surface area contributed by atoms with Gasteiger partial charge in [0, 0.05) is 0 Å². The number of fused-ring (bicyclic) bond motifs is 1. The quantitative estimate of drug-likeness (QED) is 0.779. The summed E-state index contributed by atoms with van der Waals surface area (Å²) < 4.78 is 14.4. The smallest absolute Gasteiger partial charge is 0.320 e. The Bertz CT molecular complexity index is 517. The lowest BCUT2D eigenvalue weighted by atomic mass is 10.3. The summed E-state index contributed by atoms with van der Waals surface area (Å²) in [6.45, 7) is 0. The Hall–Kier alpha value is -0.470. The average Bonchev–Trinajstić information content (AvgIpc) is 2.71. The number of rotatable bonds is 3. The zero-order valence-corrected chi connectivity index (χ0v) is 12.4. The molecule has 16 heavy (non-hydrogen) atoms. The van der Waals surface area contributed by atoms with Crippen LogP contribution in [0.1, 0.15) is 9.43 Å². The first kappa shape index (κ1) is 12.0. The van der Waals surface area contributed by atoms with E-state index in [1.807, 2.05) is 0 Å². The van der Waals surface area contributed by atoms with Crippen molar-refractivity contribution in [2.45, 2.75) is 3.74 Å². The molecule has 0 fully saturated rings. The second kappa shape index (κ2) is 4.80. The van der Waals surface area contributed by atoms with Gasteiger partial charge in [0.1, 0.15) is 3.74 Å². The third-order valence-electron chi connectivity index (χ3n) is 1.89. The molecule has 0 atom stereocenters. The number of halogens is 2. The highest BCUT2D eigenvalue weighted by atomic mass is 79.9. The molecule has 8 heteroatoms. The lowest BCUT2D eigenvalue weighted by Gasteiger charge is -2.04. The Morgan fingerprint density at radius 3 is 2.50 bits per heavy atom. The molecule has 2 aromatic heterocycles. The summed E-state index contributed by atoms with van der Waals surface area (Å²) in [6.07, 6.45) is 0. The fourth-order valence-corrected chi connectivity index (χ4v) is 2.93. The van der Waals surface area contributed by atoms with Crippen molar-refractivity contribution in [1.29, 1.82) is 0 Å². The van der Waals surface area contributed by atoms with Gasteiger partial charge in [-0.15, -0.1) is 0 Å². The molecule has 0 aromatic carbocycles. The topological polar surface area (TPSA) is 57.1 Å². The maximum absolute atomic E-state index is 5.21. The minimum atomic E-state index is -0.0559. The Balaban J connectivity index is 2.72. The molecule has 0 aliphatic carbocycles.